The minimum absolute atomic E-state index is 0.00267. The van der Waals surface area contributed by atoms with Gasteiger partial charge in [0, 0.05) is 24.2 Å². The number of carbonyl (C=O) groups is 1. The number of aromatic amines is 1. The van der Waals surface area contributed by atoms with Crippen molar-refractivity contribution in [3.63, 3.8) is 0 Å². The number of hydrogen-bond donors (Lipinski definition) is 2. The van der Waals surface area contributed by atoms with Crippen LogP contribution in [0.4, 0.5) is 11.5 Å². The highest BCUT2D eigenvalue weighted by Crippen LogP contribution is 2.38. The van der Waals surface area contributed by atoms with E-state index in [1.807, 2.05) is 6.92 Å². The summed E-state index contributed by atoms with van der Waals surface area (Å²) >= 11 is 1.39. The van der Waals surface area contributed by atoms with E-state index in [0.717, 1.165) is 12.2 Å². The number of thioether (sulfide) groups is 1. The van der Waals surface area contributed by atoms with Gasteiger partial charge >= 0.3 is 5.69 Å². The molecule has 1 unspecified atom stereocenters. The van der Waals surface area contributed by atoms with Crippen LogP contribution < -0.4 is 15.6 Å². The smallest absolute Gasteiger partial charge is 0.311 e. The largest absolute Gasteiger partial charge is 0.490 e. The summed E-state index contributed by atoms with van der Waals surface area (Å²) in [6, 6.07) is 4.43. The van der Waals surface area contributed by atoms with Crippen molar-refractivity contribution < 1.29 is 14.5 Å². The Labute approximate surface area is 158 Å². The van der Waals surface area contributed by atoms with Crippen molar-refractivity contribution in [2.45, 2.75) is 30.8 Å². The van der Waals surface area contributed by atoms with Crippen LogP contribution >= 0.6 is 11.8 Å². The second-order valence-corrected chi connectivity index (χ2v) is 7.06. The van der Waals surface area contributed by atoms with Gasteiger partial charge in [0.15, 0.2) is 10.9 Å². The minimum atomic E-state index is -0.625. The molecule has 2 aromatic rings. The Bertz CT molecular complexity index is 959. The van der Waals surface area contributed by atoms with E-state index < -0.39 is 10.8 Å². The minimum Gasteiger partial charge on any atom is -0.490 e. The number of hydrogen-bond acceptors (Lipinski definition) is 7. The van der Waals surface area contributed by atoms with Crippen LogP contribution in [0.5, 0.6) is 5.75 Å². The number of nitro groups is 1. The summed E-state index contributed by atoms with van der Waals surface area (Å²) in [7, 11) is 1.34. The number of H-pyrrole nitrogens is 1. The quantitative estimate of drug-likeness (QED) is 0.336. The molecule has 0 bridgehead atoms. The molecule has 1 aromatic heterocycles. The Morgan fingerprint density at radius 2 is 2.19 bits per heavy atom. The van der Waals surface area contributed by atoms with Gasteiger partial charge in [0.1, 0.15) is 5.82 Å². The molecule has 1 aliphatic heterocycles. The second kappa shape index (κ2) is 7.78. The Morgan fingerprint density at radius 3 is 2.85 bits per heavy atom. The SMILES string of the molecule is CCCSc1nc2c(c(=O)[nH]1)C(c1ccc(OC)c([N+](=O)[O-])c1)CC(=O)N2. The van der Waals surface area contributed by atoms with Gasteiger partial charge in [-0.25, -0.2) is 4.98 Å². The van der Waals surface area contributed by atoms with Crippen molar-refractivity contribution >= 4 is 29.2 Å². The first-order valence-electron chi connectivity index (χ1n) is 8.33. The van der Waals surface area contributed by atoms with Gasteiger partial charge in [0.05, 0.1) is 17.6 Å². The molecule has 1 atom stereocenters. The van der Waals surface area contributed by atoms with Gasteiger partial charge in [-0.1, -0.05) is 24.8 Å². The number of methoxy groups -OCH3 is 1. The zero-order valence-electron chi connectivity index (χ0n) is 14.8. The van der Waals surface area contributed by atoms with E-state index in [4.69, 9.17) is 4.74 Å². The molecule has 2 heterocycles. The molecule has 10 heteroatoms. The van der Waals surface area contributed by atoms with E-state index in [2.05, 4.69) is 15.3 Å². The summed E-state index contributed by atoms with van der Waals surface area (Å²) in [6.07, 6.45) is 0.915. The molecule has 0 aliphatic carbocycles. The first kappa shape index (κ1) is 18.9. The van der Waals surface area contributed by atoms with Gasteiger partial charge in [0.2, 0.25) is 5.91 Å². The van der Waals surface area contributed by atoms with Gasteiger partial charge in [-0.05, 0) is 18.1 Å². The highest BCUT2D eigenvalue weighted by molar-refractivity contribution is 7.99. The molecule has 1 aliphatic rings. The zero-order chi connectivity index (χ0) is 19.6. The van der Waals surface area contributed by atoms with Crippen LogP contribution in [0.25, 0.3) is 0 Å². The van der Waals surface area contributed by atoms with Crippen molar-refractivity contribution in [3.05, 3.63) is 49.8 Å². The molecule has 1 aromatic carbocycles. The van der Waals surface area contributed by atoms with Gasteiger partial charge < -0.3 is 15.0 Å². The van der Waals surface area contributed by atoms with Crippen molar-refractivity contribution in [2.75, 3.05) is 18.2 Å². The maximum atomic E-state index is 12.7. The topological polar surface area (TPSA) is 127 Å². The fraction of sp³-hybridized carbons (Fsp3) is 0.353. The lowest BCUT2D eigenvalue weighted by atomic mass is 9.86. The average Bonchev–Trinajstić information content (AvgIpc) is 2.64. The Kier molecular flexibility index (Phi) is 5.45. The maximum Gasteiger partial charge on any atom is 0.311 e. The van der Waals surface area contributed by atoms with Gasteiger partial charge in [0.25, 0.3) is 5.56 Å². The second-order valence-electron chi connectivity index (χ2n) is 5.98. The summed E-state index contributed by atoms with van der Waals surface area (Å²) in [5, 5.41) is 14.4. The van der Waals surface area contributed by atoms with Crippen molar-refractivity contribution in [1.82, 2.24) is 9.97 Å². The van der Waals surface area contributed by atoms with Crippen LogP contribution in [0, 0.1) is 10.1 Å². The van der Waals surface area contributed by atoms with E-state index in [-0.39, 0.29) is 35.1 Å². The number of anilines is 1. The van der Waals surface area contributed by atoms with Gasteiger partial charge in [-0.2, -0.15) is 0 Å². The standard InChI is InChI=1S/C17H18N4O5S/c1-3-6-27-17-19-15-14(16(23)20-17)10(8-13(22)18-15)9-4-5-12(26-2)11(7-9)21(24)25/h4-5,7,10H,3,6,8H2,1-2H3,(H2,18,19,20,22,23). The number of amides is 1. The van der Waals surface area contributed by atoms with Crippen molar-refractivity contribution in [3.8, 4) is 5.75 Å². The van der Waals surface area contributed by atoms with E-state index in [1.54, 1.807) is 6.07 Å². The molecule has 9 nitrogen and oxygen atoms in total. The molecule has 1 amide bonds. The van der Waals surface area contributed by atoms with Crippen molar-refractivity contribution in [2.24, 2.45) is 0 Å². The molecule has 0 saturated carbocycles. The lowest BCUT2D eigenvalue weighted by molar-refractivity contribution is -0.385. The van der Waals surface area contributed by atoms with Gasteiger partial charge in [-0.3, -0.25) is 19.7 Å². The summed E-state index contributed by atoms with van der Waals surface area (Å²) in [5.74, 6) is 0.180. The summed E-state index contributed by atoms with van der Waals surface area (Å²) < 4.78 is 5.01. The lowest BCUT2D eigenvalue weighted by Gasteiger charge is -2.24. The first-order chi connectivity index (χ1) is 12.9. The van der Waals surface area contributed by atoms with Crippen LogP contribution in [-0.2, 0) is 4.79 Å². The highest BCUT2D eigenvalue weighted by atomic mass is 32.2. The molecule has 2 N–H and O–H groups in total. The monoisotopic (exact) mass is 390 g/mol. The number of nitro benzene ring substituents is 1. The molecule has 0 radical (unpaired) electrons. The number of rotatable bonds is 6. The maximum absolute atomic E-state index is 12.7. The van der Waals surface area contributed by atoms with Crippen LogP contribution in [0.1, 0.15) is 36.8 Å². The molecule has 3 rings (SSSR count). The third kappa shape index (κ3) is 3.80. The van der Waals surface area contributed by atoms with E-state index in [0.29, 0.717) is 16.3 Å². The summed E-state index contributed by atoms with van der Waals surface area (Å²) in [6.45, 7) is 2.01. The number of benzene rings is 1. The third-order valence-electron chi connectivity index (χ3n) is 4.17. The Balaban J connectivity index is 2.09. The molecular weight excluding hydrogens is 372 g/mol. The number of nitrogens with zero attached hydrogens (tertiary/aromatic N) is 2. The molecule has 27 heavy (non-hydrogen) atoms. The highest BCUT2D eigenvalue weighted by Gasteiger charge is 2.32. The van der Waals surface area contributed by atoms with Crippen LogP contribution in [0.2, 0.25) is 0 Å². The summed E-state index contributed by atoms with van der Waals surface area (Å²) in [5.41, 5.74) is 0.207. The number of nitrogens with one attached hydrogen (secondary N) is 2. The van der Waals surface area contributed by atoms with Crippen LogP contribution in [0.3, 0.4) is 0 Å². The average molecular weight is 390 g/mol. The molecule has 0 fully saturated rings. The van der Waals surface area contributed by atoms with Gasteiger partial charge in [-0.15, -0.1) is 0 Å². The molecule has 0 spiro atoms. The third-order valence-corrected chi connectivity index (χ3v) is 5.25. The summed E-state index contributed by atoms with van der Waals surface area (Å²) in [4.78, 5) is 42.6. The normalized spacial score (nSPS) is 15.8. The van der Waals surface area contributed by atoms with Crippen LogP contribution in [-0.4, -0.2) is 33.7 Å². The first-order valence-corrected chi connectivity index (χ1v) is 9.32. The predicted octanol–water partition coefficient (Wildman–Crippen LogP) is 2.66. The van der Waals surface area contributed by atoms with E-state index in [9.17, 15) is 19.7 Å². The molecule has 0 saturated heterocycles. The predicted molar refractivity (Wildman–Crippen MR) is 101 cm³/mol. The molecular formula is C17H18N4O5S. The number of aromatic nitrogens is 2. The van der Waals surface area contributed by atoms with E-state index >= 15 is 0 Å². The fourth-order valence-electron chi connectivity index (χ4n) is 2.97. The number of fused-ring (bicyclic) bond motifs is 1. The zero-order valence-corrected chi connectivity index (χ0v) is 15.6. The molecule has 142 valence electrons. The lowest BCUT2D eigenvalue weighted by Crippen LogP contribution is -2.31. The number of ether oxygens (including phenoxy) is 1. The Morgan fingerprint density at radius 1 is 1.41 bits per heavy atom. The van der Waals surface area contributed by atoms with E-state index in [1.165, 1.54) is 31.0 Å². The Hall–Kier alpha value is -2.88. The van der Waals surface area contributed by atoms with Crippen LogP contribution in [0.15, 0.2) is 28.2 Å². The number of carbonyl (C=O) groups excluding carboxylic acids is 1. The van der Waals surface area contributed by atoms with Crippen molar-refractivity contribution in [1.29, 1.82) is 0 Å². The fourth-order valence-corrected chi connectivity index (χ4v) is 3.69.